The van der Waals surface area contributed by atoms with E-state index in [1.165, 1.54) is 19.2 Å². The van der Waals surface area contributed by atoms with Gasteiger partial charge in [-0.3, -0.25) is 4.99 Å². The lowest BCUT2D eigenvalue weighted by Gasteiger charge is -2.12. The molecule has 0 bridgehead atoms. The molecule has 8 heteroatoms. The summed E-state index contributed by atoms with van der Waals surface area (Å²) in [6.45, 7) is 3.66. The van der Waals surface area contributed by atoms with Crippen LogP contribution in [0.15, 0.2) is 53.5 Å². The number of carboxylic acids is 2. The Bertz CT molecular complexity index is 1190. The maximum Gasteiger partial charge on any atom is 0.337 e. The van der Waals surface area contributed by atoms with Crippen LogP contribution in [0, 0.1) is 13.8 Å². The summed E-state index contributed by atoms with van der Waals surface area (Å²) in [4.78, 5) is 39.0. The number of ether oxygens (including phenoxy) is 1. The molecule has 158 valence electrons. The van der Waals surface area contributed by atoms with Crippen molar-refractivity contribution in [1.82, 2.24) is 4.57 Å². The maximum absolute atomic E-state index is 11.7. The molecule has 1 aromatic heterocycles. The topological polar surface area (TPSA) is 118 Å². The molecule has 0 aliphatic carbocycles. The summed E-state index contributed by atoms with van der Waals surface area (Å²) in [6.07, 6.45) is 1.63. The molecular weight excluding hydrogens is 400 g/mol. The first-order valence-corrected chi connectivity index (χ1v) is 9.24. The van der Waals surface area contributed by atoms with Crippen LogP contribution in [0.1, 0.15) is 48.0 Å². The highest BCUT2D eigenvalue weighted by Crippen LogP contribution is 2.23. The number of benzene rings is 2. The number of carboxylic acid groups (broad SMARTS) is 2. The van der Waals surface area contributed by atoms with Crippen molar-refractivity contribution in [3.05, 3.63) is 82.2 Å². The molecule has 2 N–H and O–H groups in total. The van der Waals surface area contributed by atoms with Gasteiger partial charge < -0.3 is 19.5 Å². The van der Waals surface area contributed by atoms with Crippen LogP contribution in [0.4, 0.5) is 5.69 Å². The molecule has 0 aliphatic rings. The second kappa shape index (κ2) is 8.66. The summed E-state index contributed by atoms with van der Waals surface area (Å²) >= 11 is 0. The molecule has 0 fully saturated rings. The van der Waals surface area contributed by atoms with Crippen LogP contribution < -0.4 is 0 Å². The van der Waals surface area contributed by atoms with Crippen LogP contribution >= 0.6 is 0 Å². The summed E-state index contributed by atoms with van der Waals surface area (Å²) in [5.74, 6) is -2.87. The fourth-order valence-corrected chi connectivity index (χ4v) is 3.28. The lowest BCUT2D eigenvalue weighted by atomic mass is 10.1. The van der Waals surface area contributed by atoms with Crippen molar-refractivity contribution in [1.29, 1.82) is 0 Å². The van der Waals surface area contributed by atoms with Gasteiger partial charge in [-0.1, -0.05) is 6.07 Å². The Morgan fingerprint density at radius 1 is 0.935 bits per heavy atom. The predicted octanol–water partition coefficient (Wildman–Crippen LogP) is 4.03. The zero-order valence-corrected chi connectivity index (χ0v) is 17.1. The summed E-state index contributed by atoms with van der Waals surface area (Å²) in [6, 6.07) is 12.5. The number of carbonyl (C=O) groups excluding carboxylic acids is 1. The van der Waals surface area contributed by atoms with E-state index in [9.17, 15) is 24.6 Å². The average Bonchev–Trinajstić information content (AvgIpc) is 3.04. The monoisotopic (exact) mass is 420 g/mol. The Morgan fingerprint density at radius 3 is 2.16 bits per heavy atom. The second-order valence-electron chi connectivity index (χ2n) is 6.84. The largest absolute Gasteiger partial charge is 0.478 e. The van der Waals surface area contributed by atoms with Gasteiger partial charge >= 0.3 is 17.9 Å². The van der Waals surface area contributed by atoms with Gasteiger partial charge in [-0.15, -0.1) is 0 Å². The lowest BCUT2D eigenvalue weighted by Crippen LogP contribution is -2.07. The second-order valence-corrected chi connectivity index (χ2v) is 6.84. The van der Waals surface area contributed by atoms with Gasteiger partial charge in [-0.05, 0) is 56.3 Å². The summed E-state index contributed by atoms with van der Waals surface area (Å²) < 4.78 is 6.49. The third-order valence-corrected chi connectivity index (χ3v) is 4.76. The lowest BCUT2D eigenvalue weighted by molar-refractivity contribution is 0.0599. The minimum atomic E-state index is -1.21. The molecule has 0 amide bonds. The average molecular weight is 420 g/mol. The van der Waals surface area contributed by atoms with Crippen LogP contribution in [-0.2, 0) is 4.74 Å². The van der Waals surface area contributed by atoms with E-state index in [4.69, 9.17) is 4.74 Å². The highest BCUT2D eigenvalue weighted by molar-refractivity contribution is 5.95. The Kier molecular flexibility index (Phi) is 6.01. The number of esters is 1. The SMILES string of the molecule is COC(=O)c1cccc(N=Cc2cc(C)n(-c3cc(C(=O)O)cc(C(=O)O)c3)c2C)c1. The molecular formula is C23H20N2O6. The molecule has 0 spiro atoms. The Hall–Kier alpha value is -4.20. The molecule has 0 saturated heterocycles. The molecule has 31 heavy (non-hydrogen) atoms. The van der Waals surface area contributed by atoms with E-state index < -0.39 is 17.9 Å². The zero-order valence-electron chi connectivity index (χ0n) is 17.1. The highest BCUT2D eigenvalue weighted by Gasteiger charge is 2.16. The smallest absolute Gasteiger partial charge is 0.337 e. The van der Waals surface area contributed by atoms with Gasteiger partial charge in [0.2, 0.25) is 0 Å². The van der Waals surface area contributed by atoms with E-state index in [0.717, 1.165) is 23.0 Å². The van der Waals surface area contributed by atoms with Crippen molar-refractivity contribution < 1.29 is 29.3 Å². The number of aromatic nitrogens is 1. The van der Waals surface area contributed by atoms with E-state index in [1.807, 2.05) is 19.9 Å². The number of aryl methyl sites for hydroxylation is 1. The number of nitrogens with zero attached hydrogens (tertiary/aromatic N) is 2. The van der Waals surface area contributed by atoms with E-state index >= 15 is 0 Å². The molecule has 8 nitrogen and oxygen atoms in total. The van der Waals surface area contributed by atoms with Crippen LogP contribution in [0.3, 0.4) is 0 Å². The Morgan fingerprint density at radius 2 is 1.58 bits per heavy atom. The molecule has 0 radical (unpaired) electrons. The fraction of sp³-hybridized carbons (Fsp3) is 0.130. The number of hydrogen-bond acceptors (Lipinski definition) is 5. The van der Waals surface area contributed by atoms with Gasteiger partial charge in [-0.2, -0.15) is 0 Å². The number of carbonyl (C=O) groups is 3. The number of rotatable bonds is 6. The number of aliphatic imine (C=N–C) groups is 1. The number of hydrogen-bond donors (Lipinski definition) is 2. The molecule has 0 aliphatic heterocycles. The number of aromatic carboxylic acids is 2. The van der Waals surface area contributed by atoms with Crippen molar-refractivity contribution in [2.75, 3.05) is 7.11 Å². The molecule has 0 saturated carbocycles. The molecule has 0 atom stereocenters. The van der Waals surface area contributed by atoms with E-state index in [2.05, 4.69) is 4.99 Å². The van der Waals surface area contributed by atoms with E-state index in [-0.39, 0.29) is 11.1 Å². The molecule has 0 unspecified atom stereocenters. The molecule has 1 heterocycles. The maximum atomic E-state index is 11.7. The molecule has 3 rings (SSSR count). The fourth-order valence-electron chi connectivity index (χ4n) is 3.28. The van der Waals surface area contributed by atoms with Crippen molar-refractivity contribution in [3.8, 4) is 5.69 Å². The van der Waals surface area contributed by atoms with Crippen LogP contribution in [0.2, 0.25) is 0 Å². The molecule has 3 aromatic rings. The van der Waals surface area contributed by atoms with Gasteiger partial charge in [0, 0.05) is 28.9 Å². The highest BCUT2D eigenvalue weighted by atomic mass is 16.5. The first-order valence-electron chi connectivity index (χ1n) is 9.24. The van der Waals surface area contributed by atoms with E-state index in [1.54, 1.807) is 35.0 Å². The van der Waals surface area contributed by atoms with Crippen LogP contribution in [0.25, 0.3) is 5.69 Å². The van der Waals surface area contributed by atoms with Crippen molar-refractivity contribution in [3.63, 3.8) is 0 Å². The first kappa shape index (κ1) is 21.5. The van der Waals surface area contributed by atoms with Gasteiger partial charge in [0.15, 0.2) is 0 Å². The number of methoxy groups -OCH3 is 1. The standard InChI is InChI=1S/C23H20N2O6/c1-13-7-18(12-24-19-6-4-5-15(9-19)23(30)31-3)14(2)25(13)20-10-16(21(26)27)8-17(11-20)22(28)29/h4-12H,1-3H3,(H,26,27)(H,28,29). The van der Waals surface area contributed by atoms with E-state index in [0.29, 0.717) is 16.9 Å². The minimum absolute atomic E-state index is 0.114. The Labute approximate surface area is 178 Å². The predicted molar refractivity (Wildman–Crippen MR) is 114 cm³/mol. The first-order chi connectivity index (χ1) is 14.7. The van der Waals surface area contributed by atoms with Gasteiger partial charge in [0.25, 0.3) is 0 Å². The summed E-state index contributed by atoms with van der Waals surface area (Å²) in [5.41, 5.74) is 3.45. The van der Waals surface area contributed by atoms with Gasteiger partial charge in [0.05, 0.1) is 29.5 Å². The normalized spacial score (nSPS) is 10.9. The summed E-state index contributed by atoms with van der Waals surface area (Å²) in [7, 11) is 1.31. The van der Waals surface area contributed by atoms with Crippen LogP contribution in [-0.4, -0.2) is 46.0 Å². The van der Waals surface area contributed by atoms with Gasteiger partial charge in [-0.25, -0.2) is 14.4 Å². The zero-order chi connectivity index (χ0) is 22.7. The Balaban J connectivity index is 2.02. The molecule has 2 aromatic carbocycles. The quantitative estimate of drug-likeness (QED) is 0.459. The van der Waals surface area contributed by atoms with Crippen molar-refractivity contribution in [2.24, 2.45) is 4.99 Å². The van der Waals surface area contributed by atoms with Crippen molar-refractivity contribution >= 4 is 29.8 Å². The van der Waals surface area contributed by atoms with Gasteiger partial charge in [0.1, 0.15) is 0 Å². The summed E-state index contributed by atoms with van der Waals surface area (Å²) in [5, 5.41) is 18.7. The van der Waals surface area contributed by atoms with Crippen LogP contribution in [0.5, 0.6) is 0 Å². The minimum Gasteiger partial charge on any atom is -0.478 e. The third kappa shape index (κ3) is 4.53. The van der Waals surface area contributed by atoms with Crippen molar-refractivity contribution in [2.45, 2.75) is 13.8 Å². The third-order valence-electron chi connectivity index (χ3n) is 4.76.